The van der Waals surface area contributed by atoms with E-state index in [-0.39, 0.29) is 24.1 Å². The van der Waals surface area contributed by atoms with Crippen molar-refractivity contribution in [1.82, 2.24) is 10.3 Å². The number of amides is 1. The Hall–Kier alpha value is -1.58. The number of halogens is 4. The van der Waals surface area contributed by atoms with Gasteiger partial charge in [0.25, 0.3) is 0 Å². The van der Waals surface area contributed by atoms with Gasteiger partial charge >= 0.3 is 6.18 Å². The van der Waals surface area contributed by atoms with Crippen molar-refractivity contribution in [3.63, 3.8) is 0 Å². The van der Waals surface area contributed by atoms with Crippen LogP contribution in [0.1, 0.15) is 32.1 Å². The van der Waals surface area contributed by atoms with Gasteiger partial charge in [-0.25, -0.2) is 4.98 Å². The quantitative estimate of drug-likeness (QED) is 0.725. The van der Waals surface area contributed by atoms with Crippen LogP contribution in [0.3, 0.4) is 0 Å². The van der Waals surface area contributed by atoms with Crippen LogP contribution in [0.15, 0.2) is 18.2 Å². The summed E-state index contributed by atoms with van der Waals surface area (Å²) >= 11 is 1.23. The molecule has 10 heteroatoms. The Kier molecular flexibility index (Phi) is 6.36. The highest BCUT2D eigenvalue weighted by Crippen LogP contribution is 2.34. The molecule has 4 rings (SSSR count). The second kappa shape index (κ2) is 8.42. The molecule has 2 fully saturated rings. The first-order valence-corrected chi connectivity index (χ1v) is 9.82. The number of hydrogen-bond acceptors (Lipinski definition) is 5. The Bertz CT molecular complexity index is 833. The second-order valence-electron chi connectivity index (χ2n) is 7.28. The zero-order chi connectivity index (χ0) is 19.0. The van der Waals surface area contributed by atoms with Crippen LogP contribution in [0.5, 0.6) is 5.75 Å². The number of hydrogen-bond donors (Lipinski definition) is 2. The highest BCUT2D eigenvalue weighted by Gasteiger charge is 2.34. The average molecular weight is 436 g/mol. The van der Waals surface area contributed by atoms with Crippen molar-refractivity contribution in [2.75, 3.05) is 11.9 Å². The van der Waals surface area contributed by atoms with E-state index in [0.717, 1.165) is 12.8 Å². The molecule has 2 N–H and O–H groups in total. The van der Waals surface area contributed by atoms with Gasteiger partial charge in [-0.15, -0.1) is 12.4 Å². The smallest absolute Gasteiger partial charge is 0.422 e. The normalized spacial score (nSPS) is 24.0. The number of thiazole rings is 1. The molecule has 0 radical (unpaired) electrons. The largest absolute Gasteiger partial charge is 0.484 e. The number of benzene rings is 1. The molecule has 154 valence electrons. The van der Waals surface area contributed by atoms with Gasteiger partial charge in [0.2, 0.25) is 5.91 Å². The molecule has 1 amide bonds. The molecule has 2 aromatic rings. The number of piperidine rings is 1. The fraction of sp³-hybridized carbons (Fsp3) is 0.556. The number of nitrogens with one attached hydrogen (secondary N) is 2. The molecule has 2 aliphatic rings. The van der Waals surface area contributed by atoms with Gasteiger partial charge in [-0.1, -0.05) is 11.3 Å². The molecule has 0 saturated carbocycles. The van der Waals surface area contributed by atoms with E-state index in [9.17, 15) is 18.0 Å². The fourth-order valence-corrected chi connectivity index (χ4v) is 4.90. The molecule has 0 aliphatic carbocycles. The van der Waals surface area contributed by atoms with Crippen LogP contribution in [0.2, 0.25) is 0 Å². The average Bonchev–Trinajstić information content (AvgIpc) is 3.13. The van der Waals surface area contributed by atoms with Crippen molar-refractivity contribution in [2.24, 2.45) is 5.92 Å². The number of anilines is 1. The summed E-state index contributed by atoms with van der Waals surface area (Å²) < 4.78 is 42.2. The highest BCUT2D eigenvalue weighted by molar-refractivity contribution is 7.22. The third kappa shape index (κ3) is 5.27. The Morgan fingerprint density at radius 3 is 2.68 bits per heavy atom. The molecule has 0 spiro atoms. The topological polar surface area (TPSA) is 63.2 Å². The summed E-state index contributed by atoms with van der Waals surface area (Å²) in [7, 11) is 0. The Labute approximate surface area is 170 Å². The lowest BCUT2D eigenvalue weighted by Gasteiger charge is -2.28. The SMILES string of the molecule is Cl.O=C(CC1CC2CCC(C1)N2)Nc1nc2ccc(OCC(F)(F)F)cc2s1. The number of nitrogens with zero attached hydrogens (tertiary/aromatic N) is 1. The van der Waals surface area contributed by atoms with E-state index >= 15 is 0 Å². The lowest BCUT2D eigenvalue weighted by Crippen LogP contribution is -2.39. The Morgan fingerprint density at radius 1 is 1.29 bits per heavy atom. The summed E-state index contributed by atoms with van der Waals surface area (Å²) in [5.74, 6) is 0.459. The monoisotopic (exact) mass is 435 g/mol. The molecule has 2 bridgehead atoms. The number of carbonyl (C=O) groups is 1. The van der Waals surface area contributed by atoms with Gasteiger partial charge in [0, 0.05) is 18.5 Å². The van der Waals surface area contributed by atoms with E-state index in [2.05, 4.69) is 15.6 Å². The van der Waals surface area contributed by atoms with Crippen LogP contribution in [-0.4, -0.2) is 35.8 Å². The zero-order valence-corrected chi connectivity index (χ0v) is 16.6. The number of carbonyl (C=O) groups excluding carboxylic acids is 1. The van der Waals surface area contributed by atoms with Crippen molar-refractivity contribution in [3.8, 4) is 5.75 Å². The van der Waals surface area contributed by atoms with Crippen LogP contribution in [0, 0.1) is 5.92 Å². The van der Waals surface area contributed by atoms with Gasteiger partial charge in [-0.05, 0) is 49.8 Å². The first-order valence-electron chi connectivity index (χ1n) is 9.00. The van der Waals surface area contributed by atoms with E-state index in [0.29, 0.717) is 39.8 Å². The molecular weight excluding hydrogens is 415 g/mol. The molecule has 2 unspecified atom stereocenters. The predicted octanol–water partition coefficient (Wildman–Crippen LogP) is 4.52. The maximum Gasteiger partial charge on any atom is 0.422 e. The molecule has 2 saturated heterocycles. The lowest BCUT2D eigenvalue weighted by molar-refractivity contribution is -0.153. The first-order chi connectivity index (χ1) is 12.8. The molecule has 1 aromatic heterocycles. The molecule has 2 aliphatic heterocycles. The molecule has 3 heterocycles. The summed E-state index contributed by atoms with van der Waals surface area (Å²) in [6.45, 7) is -1.33. The lowest BCUT2D eigenvalue weighted by atomic mass is 9.89. The number of fused-ring (bicyclic) bond motifs is 3. The van der Waals surface area contributed by atoms with E-state index in [1.54, 1.807) is 6.07 Å². The maximum atomic E-state index is 12.4. The summed E-state index contributed by atoms with van der Waals surface area (Å²) in [6, 6.07) is 5.64. The van der Waals surface area contributed by atoms with E-state index in [1.165, 1.54) is 36.3 Å². The number of alkyl halides is 3. The van der Waals surface area contributed by atoms with Crippen molar-refractivity contribution in [3.05, 3.63) is 18.2 Å². The van der Waals surface area contributed by atoms with Crippen molar-refractivity contribution < 1.29 is 22.7 Å². The van der Waals surface area contributed by atoms with Gasteiger partial charge in [0.05, 0.1) is 10.2 Å². The van der Waals surface area contributed by atoms with Gasteiger partial charge in [-0.3, -0.25) is 4.79 Å². The van der Waals surface area contributed by atoms with E-state index in [4.69, 9.17) is 4.74 Å². The number of aromatic nitrogens is 1. The standard InChI is InChI=1S/C18H20F3N3O2S.ClH/c19-18(20,21)9-26-13-3-4-14-15(8-13)27-17(23-14)24-16(25)7-10-5-11-1-2-12(6-10)22-11;/h3-4,8,10-12,22H,1-2,5-7,9H2,(H,23,24,25);1H. The van der Waals surface area contributed by atoms with Crippen molar-refractivity contribution in [2.45, 2.75) is 50.4 Å². The fourth-order valence-electron chi connectivity index (χ4n) is 3.99. The Balaban J connectivity index is 0.00000225. The summed E-state index contributed by atoms with van der Waals surface area (Å²) in [6.07, 6.45) is 0.548. The van der Waals surface area contributed by atoms with Gasteiger partial charge in [-0.2, -0.15) is 13.2 Å². The maximum absolute atomic E-state index is 12.4. The van der Waals surface area contributed by atoms with Crippen molar-refractivity contribution in [1.29, 1.82) is 0 Å². The molecule has 1 aromatic carbocycles. The summed E-state index contributed by atoms with van der Waals surface area (Å²) in [4.78, 5) is 16.7. The van der Waals surface area contributed by atoms with Crippen LogP contribution in [0.25, 0.3) is 10.2 Å². The summed E-state index contributed by atoms with van der Waals surface area (Å²) in [5.41, 5.74) is 0.620. The number of ether oxygens (including phenoxy) is 1. The summed E-state index contributed by atoms with van der Waals surface area (Å²) in [5, 5.41) is 6.85. The minimum absolute atomic E-state index is 0. The zero-order valence-electron chi connectivity index (χ0n) is 14.9. The van der Waals surface area contributed by atoms with E-state index in [1.807, 2.05) is 0 Å². The molecule has 5 nitrogen and oxygen atoms in total. The third-order valence-electron chi connectivity index (χ3n) is 5.05. The van der Waals surface area contributed by atoms with E-state index < -0.39 is 12.8 Å². The van der Waals surface area contributed by atoms with Crippen LogP contribution >= 0.6 is 23.7 Å². The number of rotatable bonds is 5. The predicted molar refractivity (Wildman–Crippen MR) is 104 cm³/mol. The van der Waals surface area contributed by atoms with Crippen LogP contribution in [0.4, 0.5) is 18.3 Å². The van der Waals surface area contributed by atoms with Crippen LogP contribution in [-0.2, 0) is 4.79 Å². The van der Waals surface area contributed by atoms with Crippen LogP contribution < -0.4 is 15.4 Å². The van der Waals surface area contributed by atoms with Crippen molar-refractivity contribution >= 4 is 45.0 Å². The first kappa shape index (κ1) is 21.1. The highest BCUT2D eigenvalue weighted by atomic mass is 35.5. The van der Waals surface area contributed by atoms with Gasteiger partial charge < -0.3 is 15.4 Å². The van der Waals surface area contributed by atoms with Gasteiger partial charge in [0.15, 0.2) is 11.7 Å². The molecular formula is C18H21ClF3N3O2S. The minimum atomic E-state index is -4.38. The van der Waals surface area contributed by atoms with Gasteiger partial charge in [0.1, 0.15) is 5.75 Å². The minimum Gasteiger partial charge on any atom is -0.484 e. The second-order valence-corrected chi connectivity index (χ2v) is 8.31. The third-order valence-corrected chi connectivity index (χ3v) is 5.99. The molecule has 28 heavy (non-hydrogen) atoms. The Morgan fingerprint density at radius 2 is 2.00 bits per heavy atom. The molecule has 2 atom stereocenters.